The first-order chi connectivity index (χ1) is 6.34. The van der Waals surface area contributed by atoms with Crippen molar-refractivity contribution in [3.8, 4) is 0 Å². The summed E-state index contributed by atoms with van der Waals surface area (Å²) < 4.78 is 0. The van der Waals surface area contributed by atoms with Gasteiger partial charge < -0.3 is 10.2 Å². The van der Waals surface area contributed by atoms with Gasteiger partial charge in [-0.05, 0) is 26.4 Å². The lowest BCUT2D eigenvalue weighted by Gasteiger charge is -2.19. The molecule has 1 aliphatic rings. The van der Waals surface area contributed by atoms with E-state index in [1.165, 1.54) is 19.4 Å². The van der Waals surface area contributed by atoms with Crippen LogP contribution in [0.15, 0.2) is 12.2 Å². The number of nitrogens with one attached hydrogen (secondary N) is 1. The predicted molar refractivity (Wildman–Crippen MR) is 58.4 cm³/mol. The fourth-order valence-corrected chi connectivity index (χ4v) is 1.84. The highest BCUT2D eigenvalue weighted by molar-refractivity contribution is 6.18. The topological polar surface area (TPSA) is 15.3 Å². The van der Waals surface area contributed by atoms with Gasteiger partial charge in [0.2, 0.25) is 0 Å². The molecule has 0 aliphatic carbocycles. The Labute approximate surface area is 85.9 Å². The van der Waals surface area contributed by atoms with Crippen molar-refractivity contribution in [2.24, 2.45) is 0 Å². The normalized spacial score (nSPS) is 24.6. The number of alkyl halides is 1. The second-order valence-corrected chi connectivity index (χ2v) is 3.87. The summed E-state index contributed by atoms with van der Waals surface area (Å²) in [4.78, 5) is 2.43. The number of rotatable bonds is 5. The summed E-state index contributed by atoms with van der Waals surface area (Å²) in [7, 11) is 2.20. The molecule has 1 aliphatic heterocycles. The first-order valence-electron chi connectivity index (χ1n) is 4.96. The van der Waals surface area contributed by atoms with E-state index in [0.29, 0.717) is 5.88 Å². The lowest BCUT2D eigenvalue weighted by Crippen LogP contribution is -2.35. The molecule has 1 unspecified atom stereocenters. The highest BCUT2D eigenvalue weighted by Gasteiger charge is 2.19. The lowest BCUT2D eigenvalue weighted by atomic mass is 10.2. The Kier molecular flexibility index (Phi) is 5.44. The molecule has 0 aromatic carbocycles. The summed E-state index contributed by atoms with van der Waals surface area (Å²) in [6, 6.07) is 0.740. The third kappa shape index (κ3) is 4.12. The second-order valence-electron chi connectivity index (χ2n) is 3.56. The molecule has 1 atom stereocenters. The highest BCUT2D eigenvalue weighted by atomic mass is 35.5. The average molecular weight is 203 g/mol. The number of likely N-dealkylation sites (tertiary alicyclic amines) is 1. The molecule has 1 heterocycles. The number of hydrogen-bond acceptors (Lipinski definition) is 2. The van der Waals surface area contributed by atoms with Crippen molar-refractivity contribution >= 4 is 11.6 Å². The predicted octanol–water partition coefficient (Wildman–Crippen LogP) is 1.47. The maximum absolute atomic E-state index is 5.51. The molecule has 0 aromatic rings. The number of nitrogens with zero attached hydrogens (tertiary/aromatic N) is 1. The van der Waals surface area contributed by atoms with Gasteiger partial charge in [0.1, 0.15) is 0 Å². The molecule has 13 heavy (non-hydrogen) atoms. The first kappa shape index (κ1) is 11.0. The number of allylic oxidation sites excluding steroid dienone is 1. The molecule has 3 heteroatoms. The molecular formula is C10H19ClN2. The SMILES string of the molecule is CN1CCCC1CNC/C=C/CCl. The van der Waals surface area contributed by atoms with Gasteiger partial charge in [-0.25, -0.2) is 0 Å². The fourth-order valence-electron chi connectivity index (χ4n) is 1.72. The standard InChI is InChI=1S/C10H19ClN2/c1-13-8-4-5-10(13)9-12-7-3-2-6-11/h2-3,10,12H,4-9H2,1H3/b3-2+. The molecule has 0 spiro atoms. The van der Waals surface area contributed by atoms with E-state index in [1.807, 2.05) is 6.08 Å². The van der Waals surface area contributed by atoms with Gasteiger partial charge in [0, 0.05) is 25.0 Å². The summed E-state index contributed by atoms with van der Waals surface area (Å²) in [6.07, 6.45) is 6.75. The summed E-state index contributed by atoms with van der Waals surface area (Å²) in [6.45, 7) is 3.30. The Balaban J connectivity index is 2.02. The summed E-state index contributed by atoms with van der Waals surface area (Å²) in [5, 5.41) is 3.41. The Morgan fingerprint density at radius 2 is 2.38 bits per heavy atom. The third-order valence-corrected chi connectivity index (χ3v) is 2.75. The van der Waals surface area contributed by atoms with Crippen molar-refractivity contribution < 1.29 is 0 Å². The molecular weight excluding hydrogens is 184 g/mol. The van der Waals surface area contributed by atoms with Gasteiger partial charge in [-0.15, -0.1) is 11.6 Å². The van der Waals surface area contributed by atoms with Crippen LogP contribution in [0.4, 0.5) is 0 Å². The summed E-state index contributed by atoms with van der Waals surface area (Å²) in [5.41, 5.74) is 0. The highest BCUT2D eigenvalue weighted by Crippen LogP contribution is 2.13. The van der Waals surface area contributed by atoms with E-state index in [1.54, 1.807) is 0 Å². The van der Waals surface area contributed by atoms with E-state index >= 15 is 0 Å². The number of likely N-dealkylation sites (N-methyl/N-ethyl adjacent to an activating group) is 1. The minimum absolute atomic E-state index is 0.616. The molecule has 0 bridgehead atoms. The third-order valence-electron chi connectivity index (χ3n) is 2.57. The van der Waals surface area contributed by atoms with E-state index in [2.05, 4.69) is 23.3 Å². The van der Waals surface area contributed by atoms with Crippen LogP contribution in [0.1, 0.15) is 12.8 Å². The molecule has 1 saturated heterocycles. The van der Waals surface area contributed by atoms with Crippen molar-refractivity contribution in [1.82, 2.24) is 10.2 Å². The average Bonchev–Trinajstić information content (AvgIpc) is 2.52. The van der Waals surface area contributed by atoms with Crippen LogP contribution in [-0.2, 0) is 0 Å². The Hall–Kier alpha value is -0.0500. The molecule has 0 radical (unpaired) electrons. The van der Waals surface area contributed by atoms with Crippen LogP contribution in [0.25, 0.3) is 0 Å². The zero-order chi connectivity index (χ0) is 9.52. The van der Waals surface area contributed by atoms with Crippen LogP contribution < -0.4 is 5.32 Å². The Bertz CT molecular complexity index is 159. The van der Waals surface area contributed by atoms with Crippen LogP contribution in [0, 0.1) is 0 Å². The van der Waals surface area contributed by atoms with Crippen LogP contribution in [-0.4, -0.2) is 43.5 Å². The minimum atomic E-state index is 0.616. The van der Waals surface area contributed by atoms with E-state index in [9.17, 15) is 0 Å². The van der Waals surface area contributed by atoms with Gasteiger partial charge in [-0.2, -0.15) is 0 Å². The van der Waals surface area contributed by atoms with Gasteiger partial charge in [0.25, 0.3) is 0 Å². The maximum atomic E-state index is 5.51. The van der Waals surface area contributed by atoms with E-state index in [0.717, 1.165) is 19.1 Å². The molecule has 1 N–H and O–H groups in total. The van der Waals surface area contributed by atoms with Crippen LogP contribution in [0.5, 0.6) is 0 Å². The molecule has 0 saturated carbocycles. The first-order valence-corrected chi connectivity index (χ1v) is 5.50. The maximum Gasteiger partial charge on any atom is 0.0404 e. The van der Waals surface area contributed by atoms with Gasteiger partial charge in [0.05, 0.1) is 0 Å². The van der Waals surface area contributed by atoms with Crippen molar-refractivity contribution in [3.63, 3.8) is 0 Å². The van der Waals surface area contributed by atoms with Gasteiger partial charge in [-0.1, -0.05) is 12.2 Å². The van der Waals surface area contributed by atoms with Crippen molar-refractivity contribution in [2.45, 2.75) is 18.9 Å². The quantitative estimate of drug-likeness (QED) is 0.413. The molecule has 1 fully saturated rings. The number of halogens is 1. The lowest BCUT2D eigenvalue weighted by molar-refractivity contribution is 0.303. The van der Waals surface area contributed by atoms with Crippen molar-refractivity contribution in [3.05, 3.63) is 12.2 Å². The summed E-state index contributed by atoms with van der Waals surface area (Å²) in [5.74, 6) is 0.616. The van der Waals surface area contributed by atoms with Crippen LogP contribution in [0.3, 0.4) is 0 Å². The largest absolute Gasteiger partial charge is 0.312 e. The Morgan fingerprint density at radius 3 is 3.00 bits per heavy atom. The minimum Gasteiger partial charge on any atom is -0.312 e. The smallest absolute Gasteiger partial charge is 0.0404 e. The molecule has 2 nitrogen and oxygen atoms in total. The number of hydrogen-bond donors (Lipinski definition) is 1. The molecule has 1 rings (SSSR count). The molecule has 0 aromatic heterocycles. The Morgan fingerprint density at radius 1 is 1.54 bits per heavy atom. The van der Waals surface area contributed by atoms with Gasteiger partial charge in [-0.3, -0.25) is 0 Å². The second kappa shape index (κ2) is 6.41. The zero-order valence-corrected chi connectivity index (χ0v) is 9.06. The van der Waals surface area contributed by atoms with E-state index in [4.69, 9.17) is 11.6 Å². The van der Waals surface area contributed by atoms with Gasteiger partial charge in [0.15, 0.2) is 0 Å². The van der Waals surface area contributed by atoms with Crippen LogP contribution in [0.2, 0.25) is 0 Å². The summed E-state index contributed by atoms with van der Waals surface area (Å²) >= 11 is 5.51. The van der Waals surface area contributed by atoms with Gasteiger partial charge >= 0.3 is 0 Å². The monoisotopic (exact) mass is 202 g/mol. The fraction of sp³-hybridized carbons (Fsp3) is 0.800. The van der Waals surface area contributed by atoms with E-state index < -0.39 is 0 Å². The van der Waals surface area contributed by atoms with Crippen LogP contribution >= 0.6 is 11.6 Å². The van der Waals surface area contributed by atoms with Crippen molar-refractivity contribution in [1.29, 1.82) is 0 Å². The zero-order valence-electron chi connectivity index (χ0n) is 8.30. The molecule has 76 valence electrons. The van der Waals surface area contributed by atoms with E-state index in [-0.39, 0.29) is 0 Å². The molecule has 0 amide bonds. The van der Waals surface area contributed by atoms with Crippen molar-refractivity contribution in [2.75, 3.05) is 32.6 Å².